The number of rotatable bonds is 7. The SMILES string of the molecule is CN(Cc1ccc(F)cc1)C(=O)CSc1nnc(-c2ccco2)n1-c1ccccc1. The van der Waals surface area contributed by atoms with Crippen LogP contribution in [0.4, 0.5) is 4.39 Å². The minimum atomic E-state index is -0.295. The van der Waals surface area contributed by atoms with Crippen LogP contribution in [0.1, 0.15) is 5.56 Å². The molecule has 0 aliphatic rings. The second-order valence-electron chi connectivity index (χ2n) is 6.62. The van der Waals surface area contributed by atoms with E-state index >= 15 is 0 Å². The summed E-state index contributed by atoms with van der Waals surface area (Å²) in [5.74, 6) is 1.00. The molecule has 2 aromatic heterocycles. The van der Waals surface area contributed by atoms with Gasteiger partial charge in [0.1, 0.15) is 5.82 Å². The van der Waals surface area contributed by atoms with Gasteiger partial charge in [0.05, 0.1) is 12.0 Å². The van der Waals surface area contributed by atoms with Crippen molar-refractivity contribution >= 4 is 17.7 Å². The molecule has 2 heterocycles. The highest BCUT2D eigenvalue weighted by molar-refractivity contribution is 7.99. The monoisotopic (exact) mass is 422 g/mol. The lowest BCUT2D eigenvalue weighted by atomic mass is 10.2. The van der Waals surface area contributed by atoms with Crippen molar-refractivity contribution in [3.8, 4) is 17.3 Å². The molecule has 1 amide bonds. The number of thioether (sulfide) groups is 1. The van der Waals surface area contributed by atoms with Crippen molar-refractivity contribution in [2.24, 2.45) is 0 Å². The zero-order chi connectivity index (χ0) is 20.9. The lowest BCUT2D eigenvalue weighted by Crippen LogP contribution is -2.27. The van der Waals surface area contributed by atoms with Gasteiger partial charge in [-0.15, -0.1) is 10.2 Å². The van der Waals surface area contributed by atoms with Crippen LogP contribution in [0.15, 0.2) is 82.6 Å². The normalized spacial score (nSPS) is 10.9. The maximum absolute atomic E-state index is 13.1. The van der Waals surface area contributed by atoms with E-state index in [9.17, 15) is 9.18 Å². The maximum atomic E-state index is 13.1. The standard InChI is InChI=1S/C22H19FN4O2S/c1-26(14-16-9-11-17(23)12-10-16)20(28)15-30-22-25-24-21(19-8-5-13-29-19)27(22)18-6-3-2-4-7-18/h2-13H,14-15H2,1H3. The smallest absolute Gasteiger partial charge is 0.233 e. The van der Waals surface area contributed by atoms with Crippen LogP contribution in [0.3, 0.4) is 0 Å². The molecule has 0 saturated heterocycles. The Morgan fingerprint density at radius 3 is 2.53 bits per heavy atom. The Labute approximate surface area is 177 Å². The molecule has 0 aliphatic heterocycles. The molecule has 2 aromatic carbocycles. The van der Waals surface area contributed by atoms with E-state index in [2.05, 4.69) is 10.2 Å². The van der Waals surface area contributed by atoms with Gasteiger partial charge in [-0.1, -0.05) is 42.1 Å². The third-order valence-electron chi connectivity index (χ3n) is 4.47. The van der Waals surface area contributed by atoms with E-state index in [0.29, 0.717) is 23.3 Å². The van der Waals surface area contributed by atoms with Crippen molar-refractivity contribution in [3.05, 3.63) is 84.4 Å². The summed E-state index contributed by atoms with van der Waals surface area (Å²) in [6.07, 6.45) is 1.58. The van der Waals surface area contributed by atoms with Crippen molar-refractivity contribution in [2.75, 3.05) is 12.8 Å². The molecule has 0 unspecified atom stereocenters. The van der Waals surface area contributed by atoms with E-state index in [0.717, 1.165) is 11.3 Å². The first-order chi connectivity index (χ1) is 14.6. The number of para-hydroxylation sites is 1. The third kappa shape index (κ3) is 4.44. The second-order valence-corrected chi connectivity index (χ2v) is 7.56. The van der Waals surface area contributed by atoms with E-state index in [1.165, 1.54) is 23.9 Å². The van der Waals surface area contributed by atoms with Gasteiger partial charge >= 0.3 is 0 Å². The summed E-state index contributed by atoms with van der Waals surface area (Å²) in [6, 6.07) is 19.4. The van der Waals surface area contributed by atoms with E-state index in [1.54, 1.807) is 36.4 Å². The largest absolute Gasteiger partial charge is 0.461 e. The summed E-state index contributed by atoms with van der Waals surface area (Å²) >= 11 is 1.31. The highest BCUT2D eigenvalue weighted by Crippen LogP contribution is 2.28. The van der Waals surface area contributed by atoms with Gasteiger partial charge in [-0.2, -0.15) is 0 Å². The molecule has 4 aromatic rings. The summed E-state index contributed by atoms with van der Waals surface area (Å²) in [5, 5.41) is 9.14. The van der Waals surface area contributed by atoms with Crippen LogP contribution in [-0.2, 0) is 11.3 Å². The fraction of sp³-hybridized carbons (Fsp3) is 0.136. The van der Waals surface area contributed by atoms with Crippen LogP contribution >= 0.6 is 11.8 Å². The molecular formula is C22H19FN4O2S. The highest BCUT2D eigenvalue weighted by atomic mass is 32.2. The quantitative estimate of drug-likeness (QED) is 0.413. The van der Waals surface area contributed by atoms with Crippen LogP contribution < -0.4 is 0 Å². The molecule has 152 valence electrons. The predicted octanol–water partition coefficient (Wildman–Crippen LogP) is 4.42. The average molecular weight is 422 g/mol. The van der Waals surface area contributed by atoms with Crippen molar-refractivity contribution < 1.29 is 13.6 Å². The van der Waals surface area contributed by atoms with Gasteiger partial charge in [-0.25, -0.2) is 4.39 Å². The zero-order valence-electron chi connectivity index (χ0n) is 16.2. The summed E-state index contributed by atoms with van der Waals surface area (Å²) < 4.78 is 20.4. The van der Waals surface area contributed by atoms with Crippen LogP contribution in [0.25, 0.3) is 17.3 Å². The molecular weight excluding hydrogens is 403 g/mol. The van der Waals surface area contributed by atoms with Crippen LogP contribution in [0.2, 0.25) is 0 Å². The number of nitrogens with zero attached hydrogens (tertiary/aromatic N) is 4. The number of aromatic nitrogens is 3. The van der Waals surface area contributed by atoms with Crippen LogP contribution in [0.5, 0.6) is 0 Å². The fourth-order valence-corrected chi connectivity index (χ4v) is 3.82. The Balaban J connectivity index is 1.50. The number of hydrogen-bond acceptors (Lipinski definition) is 5. The highest BCUT2D eigenvalue weighted by Gasteiger charge is 2.19. The van der Waals surface area contributed by atoms with E-state index in [4.69, 9.17) is 4.42 Å². The van der Waals surface area contributed by atoms with E-state index in [-0.39, 0.29) is 17.5 Å². The summed E-state index contributed by atoms with van der Waals surface area (Å²) in [7, 11) is 1.72. The van der Waals surface area contributed by atoms with Crippen LogP contribution in [0, 0.1) is 5.82 Å². The zero-order valence-corrected chi connectivity index (χ0v) is 17.1. The number of carbonyl (C=O) groups excluding carboxylic acids is 1. The Hall–Kier alpha value is -3.39. The van der Waals surface area contributed by atoms with Crippen molar-refractivity contribution in [1.29, 1.82) is 0 Å². The number of amides is 1. The predicted molar refractivity (Wildman–Crippen MR) is 113 cm³/mol. The second kappa shape index (κ2) is 8.96. The first kappa shape index (κ1) is 19.9. The molecule has 0 saturated carbocycles. The Bertz CT molecular complexity index is 1110. The Kier molecular flexibility index (Phi) is 5.94. The number of benzene rings is 2. The summed E-state index contributed by atoms with van der Waals surface area (Å²) in [6.45, 7) is 0.405. The number of halogens is 1. The molecule has 0 fully saturated rings. The molecule has 0 bridgehead atoms. The first-order valence-electron chi connectivity index (χ1n) is 9.28. The lowest BCUT2D eigenvalue weighted by Gasteiger charge is -2.17. The van der Waals surface area contributed by atoms with Gasteiger partial charge in [-0.05, 0) is 42.0 Å². The molecule has 6 nitrogen and oxygen atoms in total. The van der Waals surface area contributed by atoms with Gasteiger partial charge < -0.3 is 9.32 Å². The van der Waals surface area contributed by atoms with Gasteiger partial charge in [0.2, 0.25) is 11.7 Å². The van der Waals surface area contributed by atoms with Crippen molar-refractivity contribution in [2.45, 2.75) is 11.7 Å². The molecule has 0 aliphatic carbocycles. The van der Waals surface area contributed by atoms with Gasteiger partial charge in [-0.3, -0.25) is 9.36 Å². The molecule has 0 spiro atoms. The van der Waals surface area contributed by atoms with Crippen molar-refractivity contribution in [1.82, 2.24) is 19.7 Å². The minimum absolute atomic E-state index is 0.0634. The van der Waals surface area contributed by atoms with Gasteiger partial charge in [0.25, 0.3) is 0 Å². The topological polar surface area (TPSA) is 64.2 Å². The van der Waals surface area contributed by atoms with Crippen LogP contribution in [-0.4, -0.2) is 38.4 Å². The van der Waals surface area contributed by atoms with E-state index < -0.39 is 0 Å². The number of carbonyl (C=O) groups is 1. The third-order valence-corrected chi connectivity index (χ3v) is 5.39. The average Bonchev–Trinajstić information content (AvgIpc) is 3.44. The number of hydrogen-bond donors (Lipinski definition) is 0. The molecule has 30 heavy (non-hydrogen) atoms. The first-order valence-corrected chi connectivity index (χ1v) is 10.3. The molecule has 0 radical (unpaired) electrons. The van der Waals surface area contributed by atoms with Gasteiger partial charge in [0.15, 0.2) is 10.9 Å². The summed E-state index contributed by atoms with van der Waals surface area (Å²) in [4.78, 5) is 14.2. The molecule has 0 N–H and O–H groups in total. The van der Waals surface area contributed by atoms with Gasteiger partial charge in [0, 0.05) is 19.3 Å². The molecule has 4 rings (SSSR count). The molecule has 0 atom stereocenters. The fourth-order valence-electron chi connectivity index (χ4n) is 2.93. The lowest BCUT2D eigenvalue weighted by molar-refractivity contribution is -0.127. The number of furan rings is 1. The Morgan fingerprint density at radius 2 is 1.83 bits per heavy atom. The molecule has 8 heteroatoms. The maximum Gasteiger partial charge on any atom is 0.233 e. The van der Waals surface area contributed by atoms with Crippen molar-refractivity contribution in [3.63, 3.8) is 0 Å². The Morgan fingerprint density at radius 1 is 1.07 bits per heavy atom. The summed E-state index contributed by atoms with van der Waals surface area (Å²) in [5.41, 5.74) is 1.74. The minimum Gasteiger partial charge on any atom is -0.461 e. The van der Waals surface area contributed by atoms with E-state index in [1.807, 2.05) is 41.0 Å².